The molecule has 48 valence electrons. The molecule has 0 aliphatic rings. The van der Waals surface area contributed by atoms with E-state index in [9.17, 15) is 4.79 Å². The molecule has 1 unspecified atom stereocenters. The molecule has 1 atom stereocenters. The second-order valence-corrected chi connectivity index (χ2v) is 1.51. The van der Waals surface area contributed by atoms with E-state index in [1.807, 2.05) is 16.4 Å². The van der Waals surface area contributed by atoms with Gasteiger partial charge in [-0.15, -0.1) is 0 Å². The van der Waals surface area contributed by atoms with Crippen LogP contribution in [0.15, 0.2) is 0 Å². The first kappa shape index (κ1) is 7.86. The minimum Gasteiger partial charge on any atom is -0.451 e. The van der Waals surface area contributed by atoms with E-state index < -0.39 is 0 Å². The van der Waals surface area contributed by atoms with E-state index in [0.29, 0.717) is 6.54 Å². The quantitative estimate of drug-likeness (QED) is 0.550. The maximum atomic E-state index is 10.3. The Kier molecular flexibility index (Phi) is 4.92. The minimum atomic E-state index is -0.253. The summed E-state index contributed by atoms with van der Waals surface area (Å²) in [4.78, 5) is 10.3. The standard InChI is InChI=1S/C4H10NO2P/c1-2-5-3-4(6)7-8/h5H,2-3,8H2,1H3. The topological polar surface area (TPSA) is 38.3 Å². The summed E-state index contributed by atoms with van der Waals surface area (Å²) in [6.07, 6.45) is 0. The summed E-state index contributed by atoms with van der Waals surface area (Å²) in [5.74, 6) is -0.253. The summed E-state index contributed by atoms with van der Waals surface area (Å²) >= 11 is 0. The van der Waals surface area contributed by atoms with Gasteiger partial charge in [0.1, 0.15) is 0 Å². The highest BCUT2D eigenvalue weighted by Crippen LogP contribution is 1.83. The van der Waals surface area contributed by atoms with Crippen molar-refractivity contribution in [3.8, 4) is 0 Å². The van der Waals surface area contributed by atoms with Crippen molar-refractivity contribution < 1.29 is 9.32 Å². The number of rotatable bonds is 3. The molecule has 0 aliphatic heterocycles. The van der Waals surface area contributed by atoms with Gasteiger partial charge in [0.25, 0.3) is 0 Å². The highest BCUT2D eigenvalue weighted by Gasteiger charge is 1.94. The molecule has 0 aliphatic carbocycles. The van der Waals surface area contributed by atoms with Gasteiger partial charge in [-0.05, 0) is 6.54 Å². The Morgan fingerprint density at radius 1 is 1.88 bits per heavy atom. The van der Waals surface area contributed by atoms with E-state index in [-0.39, 0.29) is 5.97 Å². The van der Waals surface area contributed by atoms with E-state index in [1.165, 1.54) is 0 Å². The molecule has 0 amide bonds. The van der Waals surface area contributed by atoms with Crippen molar-refractivity contribution in [1.29, 1.82) is 0 Å². The van der Waals surface area contributed by atoms with E-state index in [1.54, 1.807) is 0 Å². The summed E-state index contributed by atoms with van der Waals surface area (Å²) in [6, 6.07) is 0. The van der Waals surface area contributed by atoms with Crippen LogP contribution in [0.25, 0.3) is 0 Å². The van der Waals surface area contributed by atoms with Crippen molar-refractivity contribution in [2.24, 2.45) is 0 Å². The van der Waals surface area contributed by atoms with Gasteiger partial charge in [-0.2, -0.15) is 0 Å². The predicted octanol–water partition coefficient (Wildman–Crippen LogP) is -0.0708. The fourth-order valence-electron chi connectivity index (χ4n) is 0.269. The fraction of sp³-hybridized carbons (Fsp3) is 0.750. The average Bonchev–Trinajstić information content (AvgIpc) is 1.83. The highest BCUT2D eigenvalue weighted by molar-refractivity contribution is 7.10. The molecule has 0 spiro atoms. The number of likely N-dealkylation sites (N-methyl/N-ethyl adjacent to an activating group) is 1. The number of nitrogens with one attached hydrogen (secondary N) is 1. The first-order valence-electron chi connectivity index (χ1n) is 2.41. The van der Waals surface area contributed by atoms with Crippen LogP contribution in [0.2, 0.25) is 0 Å². The SMILES string of the molecule is CCNCC(=O)OP. The third-order valence-corrected chi connectivity index (χ3v) is 0.914. The molecule has 0 fully saturated rings. The van der Waals surface area contributed by atoms with Crippen LogP contribution in [0.3, 0.4) is 0 Å². The smallest absolute Gasteiger partial charge is 0.322 e. The normalized spacial score (nSPS) is 8.75. The highest BCUT2D eigenvalue weighted by atomic mass is 31.0. The summed E-state index contributed by atoms with van der Waals surface area (Å²) in [6.45, 7) is 3.01. The van der Waals surface area contributed by atoms with E-state index in [4.69, 9.17) is 0 Å². The molecule has 0 aromatic heterocycles. The second kappa shape index (κ2) is 5.01. The summed E-state index contributed by atoms with van der Waals surface area (Å²) in [5.41, 5.74) is 0. The van der Waals surface area contributed by atoms with E-state index in [2.05, 4.69) is 9.84 Å². The Bertz CT molecular complexity index is 76.4. The van der Waals surface area contributed by atoms with Crippen LogP contribution < -0.4 is 5.32 Å². The van der Waals surface area contributed by atoms with Gasteiger partial charge in [-0.1, -0.05) is 6.92 Å². The molecular weight excluding hydrogens is 125 g/mol. The van der Waals surface area contributed by atoms with Crippen LogP contribution in [0.5, 0.6) is 0 Å². The molecule has 1 N–H and O–H groups in total. The maximum Gasteiger partial charge on any atom is 0.322 e. The largest absolute Gasteiger partial charge is 0.451 e. The van der Waals surface area contributed by atoms with Crippen LogP contribution in [-0.4, -0.2) is 19.1 Å². The van der Waals surface area contributed by atoms with Crippen LogP contribution in [0, 0.1) is 0 Å². The molecule has 0 heterocycles. The van der Waals surface area contributed by atoms with Crippen LogP contribution in [0.1, 0.15) is 6.92 Å². The van der Waals surface area contributed by atoms with Crippen LogP contribution in [0.4, 0.5) is 0 Å². The van der Waals surface area contributed by atoms with Crippen molar-refractivity contribution in [1.82, 2.24) is 5.32 Å². The Balaban J connectivity index is 2.99. The fourth-order valence-corrected chi connectivity index (χ4v) is 0.352. The van der Waals surface area contributed by atoms with Crippen molar-refractivity contribution in [3.63, 3.8) is 0 Å². The minimum absolute atomic E-state index is 0.253. The molecule has 0 saturated heterocycles. The zero-order chi connectivity index (χ0) is 6.41. The zero-order valence-corrected chi connectivity index (χ0v) is 5.96. The van der Waals surface area contributed by atoms with Gasteiger partial charge in [0, 0.05) is 0 Å². The first-order chi connectivity index (χ1) is 3.81. The van der Waals surface area contributed by atoms with Crippen LogP contribution in [-0.2, 0) is 9.32 Å². The molecule has 8 heavy (non-hydrogen) atoms. The van der Waals surface area contributed by atoms with Gasteiger partial charge in [-0.25, -0.2) is 0 Å². The zero-order valence-electron chi connectivity index (χ0n) is 4.81. The maximum absolute atomic E-state index is 10.3. The Morgan fingerprint density at radius 2 is 2.50 bits per heavy atom. The molecular formula is C4H10NO2P. The molecule has 4 heteroatoms. The summed E-state index contributed by atoms with van der Waals surface area (Å²) in [7, 11) is 1.90. The Labute approximate surface area is 51.1 Å². The lowest BCUT2D eigenvalue weighted by molar-refractivity contribution is -0.132. The van der Waals surface area contributed by atoms with Gasteiger partial charge < -0.3 is 9.84 Å². The van der Waals surface area contributed by atoms with Crippen molar-refractivity contribution in [2.75, 3.05) is 13.1 Å². The monoisotopic (exact) mass is 135 g/mol. The lowest BCUT2D eigenvalue weighted by Gasteiger charge is -1.96. The summed E-state index contributed by atoms with van der Waals surface area (Å²) in [5, 5.41) is 2.81. The molecule has 0 aromatic rings. The molecule has 0 aromatic carbocycles. The average molecular weight is 135 g/mol. The van der Waals surface area contributed by atoms with Crippen molar-refractivity contribution in [2.45, 2.75) is 6.92 Å². The lowest BCUT2D eigenvalue weighted by Crippen LogP contribution is -2.22. The summed E-state index contributed by atoms with van der Waals surface area (Å²) < 4.78 is 4.27. The molecule has 0 radical (unpaired) electrons. The van der Waals surface area contributed by atoms with E-state index >= 15 is 0 Å². The third-order valence-electron chi connectivity index (χ3n) is 0.651. The number of carbonyl (C=O) groups is 1. The van der Waals surface area contributed by atoms with Crippen LogP contribution >= 0.6 is 9.47 Å². The van der Waals surface area contributed by atoms with Gasteiger partial charge in [0.2, 0.25) is 0 Å². The van der Waals surface area contributed by atoms with E-state index in [0.717, 1.165) is 6.54 Å². The van der Waals surface area contributed by atoms with Gasteiger partial charge in [-0.3, -0.25) is 4.79 Å². The molecule has 0 rings (SSSR count). The molecule has 0 saturated carbocycles. The number of hydrogen-bond donors (Lipinski definition) is 1. The molecule has 0 bridgehead atoms. The second-order valence-electron chi connectivity index (χ2n) is 1.27. The Hall–Kier alpha value is -0.140. The van der Waals surface area contributed by atoms with Crippen molar-refractivity contribution in [3.05, 3.63) is 0 Å². The van der Waals surface area contributed by atoms with Gasteiger partial charge in [0.15, 0.2) is 0 Å². The third kappa shape index (κ3) is 4.03. The molecule has 3 nitrogen and oxygen atoms in total. The van der Waals surface area contributed by atoms with Gasteiger partial charge in [0.05, 0.1) is 16.0 Å². The first-order valence-corrected chi connectivity index (χ1v) is 2.88. The van der Waals surface area contributed by atoms with Gasteiger partial charge >= 0.3 is 5.97 Å². The van der Waals surface area contributed by atoms with Crippen molar-refractivity contribution >= 4 is 15.4 Å². The predicted molar refractivity (Wildman–Crippen MR) is 34.3 cm³/mol. The Morgan fingerprint density at radius 3 is 2.88 bits per heavy atom. The number of carbonyl (C=O) groups excluding carboxylic acids is 1. The lowest BCUT2D eigenvalue weighted by atomic mass is 10.6. The number of hydrogen-bond acceptors (Lipinski definition) is 3.